The lowest BCUT2D eigenvalue weighted by Gasteiger charge is -1.97. The highest BCUT2D eigenvalue weighted by atomic mass is 16.5. The van der Waals surface area contributed by atoms with E-state index in [9.17, 15) is 0 Å². The normalized spacial score (nSPS) is 9.00. The van der Waals surface area contributed by atoms with Crippen molar-refractivity contribution < 1.29 is 19.7 Å². The molecular weight excluding hydrogens is 232 g/mol. The largest absolute Gasteiger partial charge is 0.502 e. The van der Waals surface area contributed by atoms with E-state index in [1.165, 1.54) is 12.5 Å². The van der Waals surface area contributed by atoms with Crippen LogP contribution in [0.5, 0.6) is 0 Å². The molecule has 0 radical (unpaired) electrons. The van der Waals surface area contributed by atoms with Gasteiger partial charge < -0.3 is 19.7 Å². The summed E-state index contributed by atoms with van der Waals surface area (Å²) in [6, 6.07) is 0. The summed E-state index contributed by atoms with van der Waals surface area (Å²) in [4.78, 5) is 0. The SMILES string of the molecule is C=COCCCCCO.C=COCCCCCO. The van der Waals surface area contributed by atoms with Crippen LogP contribution in [0.25, 0.3) is 0 Å². The molecule has 0 saturated carbocycles. The van der Waals surface area contributed by atoms with E-state index in [0.717, 1.165) is 51.7 Å². The maximum Gasteiger partial charge on any atom is 0.0873 e. The van der Waals surface area contributed by atoms with Gasteiger partial charge in [0.05, 0.1) is 25.7 Å². The number of rotatable bonds is 12. The third kappa shape index (κ3) is 24.3. The van der Waals surface area contributed by atoms with Gasteiger partial charge in [0.1, 0.15) is 0 Å². The van der Waals surface area contributed by atoms with Crippen molar-refractivity contribution in [3.63, 3.8) is 0 Å². The third-order valence-electron chi connectivity index (χ3n) is 2.08. The van der Waals surface area contributed by atoms with Gasteiger partial charge >= 0.3 is 0 Å². The van der Waals surface area contributed by atoms with Crippen molar-refractivity contribution in [2.75, 3.05) is 26.4 Å². The summed E-state index contributed by atoms with van der Waals surface area (Å²) in [6.07, 6.45) is 8.72. The Bertz CT molecular complexity index is 142. The molecule has 0 aromatic heterocycles. The number of ether oxygens (including phenoxy) is 2. The minimum absolute atomic E-state index is 0.286. The fourth-order valence-electron chi connectivity index (χ4n) is 1.11. The van der Waals surface area contributed by atoms with Gasteiger partial charge in [0.2, 0.25) is 0 Å². The fraction of sp³-hybridized carbons (Fsp3) is 0.714. The van der Waals surface area contributed by atoms with E-state index in [-0.39, 0.29) is 13.2 Å². The number of unbranched alkanes of at least 4 members (excludes halogenated alkanes) is 4. The average Bonchev–Trinajstić information content (AvgIpc) is 2.39. The van der Waals surface area contributed by atoms with E-state index < -0.39 is 0 Å². The molecule has 0 aliphatic heterocycles. The highest BCUT2D eigenvalue weighted by Gasteiger charge is 1.85. The van der Waals surface area contributed by atoms with Crippen LogP contribution >= 0.6 is 0 Å². The van der Waals surface area contributed by atoms with E-state index in [0.29, 0.717) is 0 Å². The molecule has 0 aromatic rings. The maximum atomic E-state index is 8.36. The molecule has 0 atom stereocenters. The van der Waals surface area contributed by atoms with E-state index in [1.807, 2.05) is 0 Å². The Balaban J connectivity index is 0. The molecule has 0 unspecified atom stereocenters. The fourth-order valence-corrected chi connectivity index (χ4v) is 1.11. The van der Waals surface area contributed by atoms with Crippen molar-refractivity contribution >= 4 is 0 Å². The molecular formula is C14H28O4. The van der Waals surface area contributed by atoms with E-state index in [1.54, 1.807) is 0 Å². The quantitative estimate of drug-likeness (QED) is 0.418. The van der Waals surface area contributed by atoms with Gasteiger partial charge in [-0.05, 0) is 38.5 Å². The lowest BCUT2D eigenvalue weighted by molar-refractivity contribution is 0.231. The van der Waals surface area contributed by atoms with Gasteiger partial charge in [0, 0.05) is 13.2 Å². The van der Waals surface area contributed by atoms with Gasteiger partial charge in [-0.2, -0.15) is 0 Å². The predicted molar refractivity (Wildman–Crippen MR) is 74.2 cm³/mol. The summed E-state index contributed by atoms with van der Waals surface area (Å²) < 4.78 is 9.72. The summed E-state index contributed by atoms with van der Waals surface area (Å²) in [5.74, 6) is 0. The van der Waals surface area contributed by atoms with Crippen LogP contribution in [0.2, 0.25) is 0 Å². The number of aliphatic hydroxyl groups is 2. The van der Waals surface area contributed by atoms with E-state index in [2.05, 4.69) is 13.2 Å². The zero-order valence-electron chi connectivity index (χ0n) is 11.4. The maximum absolute atomic E-state index is 8.36. The van der Waals surface area contributed by atoms with Crippen LogP contribution in [0.1, 0.15) is 38.5 Å². The molecule has 0 spiro atoms. The van der Waals surface area contributed by atoms with E-state index in [4.69, 9.17) is 19.7 Å². The lowest BCUT2D eigenvalue weighted by atomic mass is 10.2. The van der Waals surface area contributed by atoms with Crippen molar-refractivity contribution in [2.24, 2.45) is 0 Å². The first-order valence-corrected chi connectivity index (χ1v) is 6.50. The minimum Gasteiger partial charge on any atom is -0.502 e. The molecule has 0 heterocycles. The molecule has 0 aliphatic rings. The lowest BCUT2D eigenvalue weighted by Crippen LogP contribution is -1.88. The van der Waals surface area contributed by atoms with Crippen LogP contribution in [0.3, 0.4) is 0 Å². The first-order chi connectivity index (χ1) is 8.83. The molecule has 18 heavy (non-hydrogen) atoms. The van der Waals surface area contributed by atoms with Crippen molar-refractivity contribution in [3.8, 4) is 0 Å². The van der Waals surface area contributed by atoms with E-state index >= 15 is 0 Å². The molecule has 108 valence electrons. The summed E-state index contributed by atoms with van der Waals surface area (Å²) in [5, 5.41) is 16.7. The average molecular weight is 260 g/mol. The Labute approximate surface area is 111 Å². The molecule has 0 aliphatic carbocycles. The second kappa shape index (κ2) is 21.3. The van der Waals surface area contributed by atoms with Crippen molar-refractivity contribution in [1.29, 1.82) is 0 Å². The molecule has 2 N–H and O–H groups in total. The first-order valence-electron chi connectivity index (χ1n) is 6.50. The van der Waals surface area contributed by atoms with Crippen LogP contribution in [-0.4, -0.2) is 36.6 Å². The van der Waals surface area contributed by atoms with Crippen LogP contribution in [0.15, 0.2) is 25.7 Å². The third-order valence-corrected chi connectivity index (χ3v) is 2.08. The molecule has 4 nitrogen and oxygen atoms in total. The minimum atomic E-state index is 0.286. The van der Waals surface area contributed by atoms with Gasteiger partial charge in [-0.15, -0.1) is 0 Å². The summed E-state index contributed by atoms with van der Waals surface area (Å²) in [7, 11) is 0. The second-order valence-electron chi connectivity index (χ2n) is 3.64. The summed E-state index contributed by atoms with van der Waals surface area (Å²) in [5.41, 5.74) is 0. The Hall–Kier alpha value is -1.00. The second-order valence-corrected chi connectivity index (χ2v) is 3.64. The van der Waals surface area contributed by atoms with Crippen LogP contribution in [0, 0.1) is 0 Å². The van der Waals surface area contributed by atoms with Gasteiger partial charge in [-0.25, -0.2) is 0 Å². The zero-order chi connectivity index (χ0) is 13.9. The zero-order valence-corrected chi connectivity index (χ0v) is 11.4. The Morgan fingerprint density at radius 1 is 0.667 bits per heavy atom. The van der Waals surface area contributed by atoms with Gasteiger partial charge in [-0.1, -0.05) is 13.2 Å². The van der Waals surface area contributed by atoms with Crippen LogP contribution < -0.4 is 0 Å². The predicted octanol–water partition coefficient (Wildman–Crippen LogP) is 2.62. The standard InChI is InChI=1S/2C7H14O2/c2*1-2-9-7-5-3-4-6-8/h2*2,8H,1,3-7H2. The van der Waals surface area contributed by atoms with Crippen molar-refractivity contribution in [3.05, 3.63) is 25.7 Å². The molecule has 0 amide bonds. The Morgan fingerprint density at radius 3 is 1.33 bits per heavy atom. The monoisotopic (exact) mass is 260 g/mol. The van der Waals surface area contributed by atoms with Gasteiger partial charge in [-0.3, -0.25) is 0 Å². The number of aliphatic hydroxyl groups excluding tert-OH is 2. The van der Waals surface area contributed by atoms with Crippen LogP contribution in [0.4, 0.5) is 0 Å². The topological polar surface area (TPSA) is 58.9 Å². The molecule has 0 aromatic carbocycles. The molecule has 4 heteroatoms. The number of hydrogen-bond donors (Lipinski definition) is 2. The molecule has 0 saturated heterocycles. The summed E-state index contributed by atoms with van der Waals surface area (Å²) in [6.45, 7) is 8.84. The van der Waals surface area contributed by atoms with Gasteiger partial charge in [0.15, 0.2) is 0 Å². The molecule has 0 bridgehead atoms. The first kappa shape index (κ1) is 19.3. The van der Waals surface area contributed by atoms with Gasteiger partial charge in [0.25, 0.3) is 0 Å². The Kier molecular flexibility index (Phi) is 22.9. The Morgan fingerprint density at radius 2 is 1.06 bits per heavy atom. The summed E-state index contributed by atoms with van der Waals surface area (Å²) >= 11 is 0. The van der Waals surface area contributed by atoms with Crippen molar-refractivity contribution in [2.45, 2.75) is 38.5 Å². The highest BCUT2D eigenvalue weighted by Crippen LogP contribution is 1.94. The van der Waals surface area contributed by atoms with Crippen LogP contribution in [-0.2, 0) is 9.47 Å². The smallest absolute Gasteiger partial charge is 0.0873 e. The van der Waals surface area contributed by atoms with Crippen molar-refractivity contribution in [1.82, 2.24) is 0 Å². The molecule has 0 fully saturated rings. The highest BCUT2D eigenvalue weighted by molar-refractivity contribution is 4.49. The number of hydrogen-bond acceptors (Lipinski definition) is 4. The molecule has 0 rings (SSSR count).